The predicted octanol–water partition coefficient (Wildman–Crippen LogP) is 2.21. The van der Waals surface area contributed by atoms with Crippen molar-refractivity contribution in [2.45, 2.75) is 19.9 Å². The number of aryl methyl sites for hydroxylation is 3. The van der Waals surface area contributed by atoms with E-state index in [-0.39, 0.29) is 11.8 Å². The van der Waals surface area contributed by atoms with Crippen LogP contribution in [0.5, 0.6) is 0 Å². The molecule has 0 spiro atoms. The molecule has 0 fully saturated rings. The Kier molecular flexibility index (Phi) is 5.12. The number of aromatic nitrogens is 4. The number of hydrogen-bond donors (Lipinski definition) is 2. The maximum atomic E-state index is 12.1. The molecule has 0 atom stereocenters. The quantitative estimate of drug-likeness (QED) is 0.711. The van der Waals surface area contributed by atoms with E-state index in [9.17, 15) is 9.59 Å². The van der Waals surface area contributed by atoms with Crippen molar-refractivity contribution in [1.82, 2.24) is 19.6 Å². The molecule has 1 aromatic carbocycles. The molecular weight excluding hydrogens is 332 g/mol. The van der Waals surface area contributed by atoms with Gasteiger partial charge in [-0.3, -0.25) is 19.0 Å². The lowest BCUT2D eigenvalue weighted by atomic mass is 10.2. The van der Waals surface area contributed by atoms with Crippen molar-refractivity contribution in [2.24, 2.45) is 7.05 Å². The van der Waals surface area contributed by atoms with Crippen LogP contribution in [0, 0.1) is 6.92 Å². The average molecular weight is 352 g/mol. The summed E-state index contributed by atoms with van der Waals surface area (Å²) < 4.78 is 3.36. The van der Waals surface area contributed by atoms with Crippen LogP contribution in [0.15, 0.2) is 48.8 Å². The molecule has 2 N–H and O–H groups in total. The highest BCUT2D eigenvalue weighted by atomic mass is 16.2. The Balaban J connectivity index is 1.51. The zero-order valence-electron chi connectivity index (χ0n) is 14.6. The van der Waals surface area contributed by atoms with Gasteiger partial charge in [-0.2, -0.15) is 10.2 Å². The maximum absolute atomic E-state index is 12.1. The highest BCUT2D eigenvalue weighted by Crippen LogP contribution is 2.15. The molecule has 8 heteroatoms. The second-order valence-corrected chi connectivity index (χ2v) is 5.90. The van der Waals surface area contributed by atoms with Gasteiger partial charge >= 0.3 is 0 Å². The zero-order valence-corrected chi connectivity index (χ0v) is 14.6. The molecule has 3 aromatic rings. The third-order valence-electron chi connectivity index (χ3n) is 3.85. The van der Waals surface area contributed by atoms with Crippen molar-refractivity contribution >= 4 is 23.2 Å². The second-order valence-electron chi connectivity index (χ2n) is 5.90. The summed E-state index contributed by atoms with van der Waals surface area (Å²) in [6.45, 7) is 2.48. The summed E-state index contributed by atoms with van der Waals surface area (Å²) in [4.78, 5) is 24.1. The first-order chi connectivity index (χ1) is 12.5. The topological polar surface area (TPSA) is 93.8 Å². The average Bonchev–Trinajstić information content (AvgIpc) is 3.23. The fourth-order valence-electron chi connectivity index (χ4n) is 2.43. The molecule has 0 aliphatic heterocycles. The van der Waals surface area contributed by atoms with E-state index in [1.165, 1.54) is 0 Å². The smallest absolute Gasteiger partial charge is 0.276 e. The summed E-state index contributed by atoms with van der Waals surface area (Å²) in [5.41, 5.74) is 2.67. The standard InChI is InChI=1S/C18H20N6O2/c1-13-7-10-19-24(13)12-9-17(25)20-14-3-5-15(6-4-14)21-18(26)16-8-11-23(2)22-16/h3-8,10-11H,9,12H2,1-2H3,(H,20,25)(H,21,26). The predicted molar refractivity (Wildman–Crippen MR) is 97.8 cm³/mol. The Morgan fingerprint density at radius 2 is 1.73 bits per heavy atom. The third-order valence-corrected chi connectivity index (χ3v) is 3.85. The molecule has 0 aliphatic rings. The van der Waals surface area contributed by atoms with E-state index in [0.29, 0.717) is 30.0 Å². The monoisotopic (exact) mass is 352 g/mol. The second kappa shape index (κ2) is 7.64. The molecule has 8 nitrogen and oxygen atoms in total. The number of benzene rings is 1. The Hall–Kier alpha value is -3.42. The summed E-state index contributed by atoms with van der Waals surface area (Å²) in [5, 5.41) is 13.8. The van der Waals surface area contributed by atoms with Crippen molar-refractivity contribution in [3.05, 3.63) is 60.2 Å². The number of nitrogens with one attached hydrogen (secondary N) is 2. The van der Waals surface area contributed by atoms with Gasteiger partial charge in [0.25, 0.3) is 5.91 Å². The summed E-state index contributed by atoms with van der Waals surface area (Å²) in [6.07, 6.45) is 3.75. The Morgan fingerprint density at radius 3 is 2.31 bits per heavy atom. The van der Waals surface area contributed by atoms with E-state index in [4.69, 9.17) is 0 Å². The molecule has 3 rings (SSSR count). The first-order valence-corrected chi connectivity index (χ1v) is 8.20. The van der Waals surface area contributed by atoms with Crippen LogP contribution in [0.4, 0.5) is 11.4 Å². The van der Waals surface area contributed by atoms with Gasteiger partial charge in [-0.25, -0.2) is 0 Å². The van der Waals surface area contributed by atoms with Crippen LogP contribution in [0.1, 0.15) is 22.6 Å². The van der Waals surface area contributed by atoms with Crippen LogP contribution >= 0.6 is 0 Å². The maximum Gasteiger partial charge on any atom is 0.276 e. The van der Waals surface area contributed by atoms with Gasteiger partial charge in [0.15, 0.2) is 5.69 Å². The van der Waals surface area contributed by atoms with Crippen molar-refractivity contribution in [2.75, 3.05) is 10.6 Å². The molecule has 2 aromatic heterocycles. The van der Waals surface area contributed by atoms with Gasteiger partial charge in [0.2, 0.25) is 5.91 Å². The molecule has 0 saturated heterocycles. The number of nitrogens with zero attached hydrogens (tertiary/aromatic N) is 4. The largest absolute Gasteiger partial charge is 0.326 e. The van der Waals surface area contributed by atoms with Crippen LogP contribution in [-0.4, -0.2) is 31.4 Å². The zero-order chi connectivity index (χ0) is 18.5. The SMILES string of the molecule is Cc1ccnn1CCC(=O)Nc1ccc(NC(=O)c2ccn(C)n2)cc1. The minimum Gasteiger partial charge on any atom is -0.326 e. The van der Waals surface area contributed by atoms with Crippen LogP contribution in [0.2, 0.25) is 0 Å². The van der Waals surface area contributed by atoms with E-state index >= 15 is 0 Å². The van der Waals surface area contributed by atoms with Crippen molar-refractivity contribution in [3.63, 3.8) is 0 Å². The number of rotatable bonds is 6. The number of anilines is 2. The van der Waals surface area contributed by atoms with Gasteiger partial charge in [0.1, 0.15) is 0 Å². The molecule has 26 heavy (non-hydrogen) atoms. The van der Waals surface area contributed by atoms with Crippen molar-refractivity contribution < 1.29 is 9.59 Å². The highest BCUT2D eigenvalue weighted by molar-refractivity contribution is 6.03. The minimum atomic E-state index is -0.281. The lowest BCUT2D eigenvalue weighted by Gasteiger charge is -2.08. The van der Waals surface area contributed by atoms with Gasteiger partial charge in [0.05, 0.1) is 0 Å². The number of carbonyl (C=O) groups excluding carboxylic acids is 2. The Labute approximate surface area is 150 Å². The van der Waals surface area contributed by atoms with Crippen LogP contribution < -0.4 is 10.6 Å². The molecule has 134 valence electrons. The number of carbonyl (C=O) groups is 2. The normalized spacial score (nSPS) is 10.5. The van der Waals surface area contributed by atoms with Crippen molar-refractivity contribution in [1.29, 1.82) is 0 Å². The molecule has 0 aliphatic carbocycles. The van der Waals surface area contributed by atoms with E-state index in [0.717, 1.165) is 5.69 Å². The van der Waals surface area contributed by atoms with Gasteiger partial charge in [-0.15, -0.1) is 0 Å². The summed E-state index contributed by atoms with van der Waals surface area (Å²) >= 11 is 0. The fraction of sp³-hybridized carbons (Fsp3) is 0.222. The fourth-order valence-corrected chi connectivity index (χ4v) is 2.43. The molecule has 0 saturated carbocycles. The molecule has 0 bridgehead atoms. The minimum absolute atomic E-state index is 0.0924. The summed E-state index contributed by atoms with van der Waals surface area (Å²) in [5.74, 6) is -0.373. The van der Waals surface area contributed by atoms with E-state index < -0.39 is 0 Å². The highest BCUT2D eigenvalue weighted by Gasteiger charge is 2.09. The first kappa shape index (κ1) is 17.4. The molecule has 0 radical (unpaired) electrons. The molecule has 2 amide bonds. The van der Waals surface area contributed by atoms with Crippen LogP contribution in [-0.2, 0) is 18.4 Å². The first-order valence-electron chi connectivity index (χ1n) is 8.20. The molecule has 0 unspecified atom stereocenters. The lowest BCUT2D eigenvalue weighted by molar-refractivity contribution is -0.116. The summed E-state index contributed by atoms with van der Waals surface area (Å²) in [6, 6.07) is 10.5. The molecular formula is C18H20N6O2. The number of amides is 2. The van der Waals surface area contributed by atoms with Crippen molar-refractivity contribution in [3.8, 4) is 0 Å². The van der Waals surface area contributed by atoms with E-state index in [2.05, 4.69) is 20.8 Å². The summed E-state index contributed by atoms with van der Waals surface area (Å²) in [7, 11) is 1.75. The van der Waals surface area contributed by atoms with Crippen LogP contribution in [0.25, 0.3) is 0 Å². The van der Waals surface area contributed by atoms with Gasteiger partial charge in [0, 0.05) is 49.5 Å². The van der Waals surface area contributed by atoms with Gasteiger partial charge < -0.3 is 10.6 Å². The van der Waals surface area contributed by atoms with E-state index in [1.807, 2.05) is 13.0 Å². The number of hydrogen-bond acceptors (Lipinski definition) is 4. The third kappa shape index (κ3) is 4.35. The van der Waals surface area contributed by atoms with Gasteiger partial charge in [-0.05, 0) is 43.3 Å². The molecule has 2 heterocycles. The Morgan fingerprint density at radius 1 is 1.04 bits per heavy atom. The van der Waals surface area contributed by atoms with Gasteiger partial charge in [-0.1, -0.05) is 0 Å². The Bertz CT molecular complexity index is 910. The van der Waals surface area contributed by atoms with Crippen LogP contribution in [0.3, 0.4) is 0 Å². The lowest BCUT2D eigenvalue weighted by Crippen LogP contribution is -2.16. The van der Waals surface area contributed by atoms with E-state index in [1.54, 1.807) is 59.1 Å².